The van der Waals surface area contributed by atoms with Gasteiger partial charge in [0.25, 0.3) is 5.91 Å². The summed E-state index contributed by atoms with van der Waals surface area (Å²) < 4.78 is 15.4. The highest BCUT2D eigenvalue weighted by Gasteiger charge is 2.30. The number of aryl methyl sites for hydroxylation is 1. The lowest BCUT2D eigenvalue weighted by atomic mass is 10.1. The molecule has 7 heteroatoms. The van der Waals surface area contributed by atoms with Crippen LogP contribution in [0.2, 0.25) is 0 Å². The van der Waals surface area contributed by atoms with Gasteiger partial charge in [0.2, 0.25) is 0 Å². The van der Waals surface area contributed by atoms with Crippen molar-refractivity contribution in [3.05, 3.63) is 42.1 Å². The topological polar surface area (TPSA) is 54.3 Å². The zero-order chi connectivity index (χ0) is 15.7. The Morgan fingerprint density at radius 2 is 2.23 bits per heavy atom. The minimum atomic E-state index is -0.332. The van der Waals surface area contributed by atoms with Gasteiger partial charge >= 0.3 is 0 Å². The largest absolute Gasteiger partial charge is 0.350 e. The Hall–Kier alpha value is -2.44. The predicted octanol–water partition coefficient (Wildman–Crippen LogP) is 1.31. The molecule has 1 unspecified atom stereocenters. The molecule has 6 nitrogen and oxygen atoms in total. The van der Waals surface area contributed by atoms with Gasteiger partial charge in [0.15, 0.2) is 11.6 Å². The second-order valence-electron chi connectivity index (χ2n) is 5.51. The number of halogens is 1. The summed E-state index contributed by atoms with van der Waals surface area (Å²) in [5, 5.41) is 4.03. The first-order valence-electron chi connectivity index (χ1n) is 7.21. The van der Waals surface area contributed by atoms with Gasteiger partial charge < -0.3 is 9.80 Å². The van der Waals surface area contributed by atoms with E-state index in [1.165, 1.54) is 6.07 Å². The molecule has 0 aliphatic carbocycles. The summed E-state index contributed by atoms with van der Waals surface area (Å²) in [6, 6.07) is 2.95. The Morgan fingerprint density at radius 3 is 2.86 bits per heavy atom. The van der Waals surface area contributed by atoms with Crippen molar-refractivity contribution in [3.63, 3.8) is 0 Å². The molecule has 0 spiro atoms. The molecule has 0 bridgehead atoms. The van der Waals surface area contributed by atoms with E-state index in [0.29, 0.717) is 31.0 Å². The Bertz CT molecular complexity index is 686. The van der Waals surface area contributed by atoms with Gasteiger partial charge in [-0.1, -0.05) is 0 Å². The van der Waals surface area contributed by atoms with Gasteiger partial charge in [0, 0.05) is 45.1 Å². The second-order valence-corrected chi connectivity index (χ2v) is 5.51. The molecular formula is C15H18FN5O. The summed E-state index contributed by atoms with van der Waals surface area (Å²) in [5.74, 6) is -0.0219. The van der Waals surface area contributed by atoms with E-state index in [0.717, 1.165) is 0 Å². The summed E-state index contributed by atoms with van der Waals surface area (Å²) in [6.45, 7) is 3.61. The fraction of sp³-hybridized carbons (Fsp3) is 0.400. The number of piperazine rings is 1. The molecule has 0 radical (unpaired) electrons. The van der Waals surface area contributed by atoms with Crippen molar-refractivity contribution in [2.75, 3.05) is 24.5 Å². The van der Waals surface area contributed by atoms with Crippen LogP contribution in [-0.2, 0) is 7.05 Å². The Morgan fingerprint density at radius 1 is 1.41 bits per heavy atom. The predicted molar refractivity (Wildman–Crippen MR) is 80.1 cm³/mol. The van der Waals surface area contributed by atoms with Crippen LogP contribution in [0, 0.1) is 5.82 Å². The van der Waals surface area contributed by atoms with E-state index in [4.69, 9.17) is 0 Å². The highest BCUT2D eigenvalue weighted by Crippen LogP contribution is 2.21. The Labute approximate surface area is 128 Å². The van der Waals surface area contributed by atoms with E-state index in [1.807, 2.05) is 11.8 Å². The minimum absolute atomic E-state index is 0.0251. The number of aromatic nitrogens is 3. The van der Waals surface area contributed by atoms with Gasteiger partial charge in [0.1, 0.15) is 0 Å². The number of carbonyl (C=O) groups is 1. The molecule has 1 aliphatic rings. The zero-order valence-electron chi connectivity index (χ0n) is 12.6. The zero-order valence-corrected chi connectivity index (χ0v) is 12.6. The smallest absolute Gasteiger partial charge is 0.257 e. The van der Waals surface area contributed by atoms with Crippen LogP contribution < -0.4 is 4.90 Å². The SMILES string of the molecule is CC1CN(c2ncccc2F)CCN1C(=O)c1cnn(C)c1. The van der Waals surface area contributed by atoms with Gasteiger partial charge in [-0.15, -0.1) is 0 Å². The molecule has 1 aliphatic heterocycles. The van der Waals surface area contributed by atoms with Gasteiger partial charge in [-0.3, -0.25) is 9.48 Å². The second kappa shape index (κ2) is 5.75. The molecule has 0 saturated carbocycles. The maximum Gasteiger partial charge on any atom is 0.257 e. The van der Waals surface area contributed by atoms with Crippen molar-refractivity contribution in [1.82, 2.24) is 19.7 Å². The molecule has 22 heavy (non-hydrogen) atoms. The quantitative estimate of drug-likeness (QED) is 0.839. The third-order valence-corrected chi connectivity index (χ3v) is 3.88. The maximum absolute atomic E-state index is 13.8. The van der Waals surface area contributed by atoms with Gasteiger partial charge in [0.05, 0.1) is 11.8 Å². The minimum Gasteiger partial charge on any atom is -0.350 e. The number of hydrogen-bond acceptors (Lipinski definition) is 4. The van der Waals surface area contributed by atoms with Crippen LogP contribution >= 0.6 is 0 Å². The Balaban J connectivity index is 1.73. The molecule has 0 N–H and O–H groups in total. The normalized spacial score (nSPS) is 18.6. The summed E-state index contributed by atoms with van der Waals surface area (Å²) >= 11 is 0. The number of anilines is 1. The summed E-state index contributed by atoms with van der Waals surface area (Å²) in [5.41, 5.74) is 0.576. The van der Waals surface area contributed by atoms with E-state index < -0.39 is 0 Å². The average Bonchev–Trinajstić information content (AvgIpc) is 2.93. The number of amides is 1. The first kappa shape index (κ1) is 14.5. The molecule has 1 fully saturated rings. The van der Waals surface area contributed by atoms with Gasteiger partial charge in [-0.2, -0.15) is 5.10 Å². The number of hydrogen-bond donors (Lipinski definition) is 0. The van der Waals surface area contributed by atoms with E-state index in [1.54, 1.807) is 41.3 Å². The van der Waals surface area contributed by atoms with Crippen molar-refractivity contribution in [1.29, 1.82) is 0 Å². The van der Waals surface area contributed by atoms with E-state index in [9.17, 15) is 9.18 Å². The molecule has 2 aromatic heterocycles. The Kier molecular flexibility index (Phi) is 3.79. The highest BCUT2D eigenvalue weighted by atomic mass is 19.1. The molecule has 1 amide bonds. The van der Waals surface area contributed by atoms with Crippen molar-refractivity contribution < 1.29 is 9.18 Å². The van der Waals surface area contributed by atoms with Crippen LogP contribution in [-0.4, -0.2) is 51.2 Å². The fourth-order valence-electron chi connectivity index (χ4n) is 2.76. The van der Waals surface area contributed by atoms with Crippen LogP contribution in [0.15, 0.2) is 30.7 Å². The van der Waals surface area contributed by atoms with Gasteiger partial charge in [-0.25, -0.2) is 9.37 Å². The van der Waals surface area contributed by atoms with Crippen molar-refractivity contribution in [2.45, 2.75) is 13.0 Å². The first-order chi connectivity index (χ1) is 10.6. The number of rotatable bonds is 2. The number of carbonyl (C=O) groups excluding carboxylic acids is 1. The first-order valence-corrected chi connectivity index (χ1v) is 7.21. The lowest BCUT2D eigenvalue weighted by molar-refractivity contribution is 0.0673. The highest BCUT2D eigenvalue weighted by molar-refractivity contribution is 5.94. The molecule has 3 heterocycles. The monoisotopic (exact) mass is 303 g/mol. The third kappa shape index (κ3) is 2.66. The van der Waals surface area contributed by atoms with Crippen LogP contribution in [0.4, 0.5) is 10.2 Å². The lowest BCUT2D eigenvalue weighted by Gasteiger charge is -2.40. The summed E-state index contributed by atoms with van der Waals surface area (Å²) in [4.78, 5) is 20.3. The molecule has 0 aromatic carbocycles. The van der Waals surface area contributed by atoms with Crippen LogP contribution in [0.3, 0.4) is 0 Å². The van der Waals surface area contributed by atoms with E-state index >= 15 is 0 Å². The molecule has 3 rings (SSSR count). The summed E-state index contributed by atoms with van der Waals surface area (Å²) in [6.07, 6.45) is 4.86. The lowest BCUT2D eigenvalue weighted by Crippen LogP contribution is -2.54. The van der Waals surface area contributed by atoms with Gasteiger partial charge in [-0.05, 0) is 19.1 Å². The van der Waals surface area contributed by atoms with Crippen molar-refractivity contribution >= 4 is 11.7 Å². The fourth-order valence-corrected chi connectivity index (χ4v) is 2.76. The van der Waals surface area contributed by atoms with Crippen LogP contribution in [0.5, 0.6) is 0 Å². The van der Waals surface area contributed by atoms with Crippen molar-refractivity contribution in [2.24, 2.45) is 7.05 Å². The van der Waals surface area contributed by atoms with Crippen molar-refractivity contribution in [3.8, 4) is 0 Å². The molecule has 2 aromatic rings. The maximum atomic E-state index is 13.8. The van der Waals surface area contributed by atoms with Crippen LogP contribution in [0.1, 0.15) is 17.3 Å². The molecule has 1 saturated heterocycles. The summed E-state index contributed by atoms with van der Waals surface area (Å²) in [7, 11) is 1.78. The standard InChI is InChI=1S/C15H18FN5O/c1-11-9-20(14-13(16)4-3-5-17-14)6-7-21(11)15(22)12-8-18-19(2)10-12/h3-5,8,10-11H,6-7,9H2,1-2H3. The van der Waals surface area contributed by atoms with E-state index in [2.05, 4.69) is 10.1 Å². The molecule has 1 atom stereocenters. The van der Waals surface area contributed by atoms with E-state index in [-0.39, 0.29) is 17.8 Å². The molecular weight excluding hydrogens is 285 g/mol. The third-order valence-electron chi connectivity index (χ3n) is 3.88. The number of pyridine rings is 1. The van der Waals surface area contributed by atoms with Crippen LogP contribution in [0.25, 0.3) is 0 Å². The average molecular weight is 303 g/mol. The molecule has 116 valence electrons. The number of nitrogens with zero attached hydrogens (tertiary/aromatic N) is 5.